The zero-order valence-corrected chi connectivity index (χ0v) is 9.79. The number of nitrogens with zero attached hydrogens (tertiary/aromatic N) is 2. The molecule has 0 spiro atoms. The van der Waals surface area contributed by atoms with Gasteiger partial charge in [-0.3, -0.25) is 5.32 Å². The minimum absolute atomic E-state index is 0.0947. The first-order valence-corrected chi connectivity index (χ1v) is 5.44. The predicted molar refractivity (Wildman–Crippen MR) is 67.5 cm³/mol. The van der Waals surface area contributed by atoms with Crippen molar-refractivity contribution in [1.82, 2.24) is 15.5 Å². The average Bonchev–Trinajstić information content (AvgIpc) is 2.86. The maximum atomic E-state index is 11.5. The third-order valence-corrected chi connectivity index (χ3v) is 2.30. The monoisotopic (exact) mass is 261 g/mol. The fourth-order valence-corrected chi connectivity index (χ4v) is 1.41. The van der Waals surface area contributed by atoms with Crippen LogP contribution < -0.4 is 10.6 Å². The Morgan fingerprint density at radius 3 is 2.74 bits per heavy atom. The Kier molecular flexibility index (Phi) is 3.72. The molecule has 2 amide bonds. The van der Waals surface area contributed by atoms with E-state index in [1.807, 2.05) is 30.3 Å². The Bertz CT molecular complexity index is 581. The molecule has 0 fully saturated rings. The van der Waals surface area contributed by atoms with Gasteiger partial charge in [0.2, 0.25) is 0 Å². The standard InChI is InChI=1S/C11H11N5O3/c17-11(12-7-8-4-2-1-3-5-8)13-9-6-10(15-14-9)16(18)19/h1-6H,7H2,(H3,12,13,14,15,17). The first-order valence-electron chi connectivity index (χ1n) is 5.44. The van der Waals surface area contributed by atoms with Gasteiger partial charge >= 0.3 is 11.8 Å². The van der Waals surface area contributed by atoms with Crippen molar-refractivity contribution >= 4 is 17.7 Å². The van der Waals surface area contributed by atoms with Crippen molar-refractivity contribution in [1.29, 1.82) is 0 Å². The number of carbonyl (C=O) groups is 1. The first kappa shape index (κ1) is 12.6. The largest absolute Gasteiger partial charge is 0.358 e. The maximum absolute atomic E-state index is 11.5. The molecule has 0 radical (unpaired) electrons. The van der Waals surface area contributed by atoms with Gasteiger partial charge in [-0.1, -0.05) is 35.4 Å². The summed E-state index contributed by atoms with van der Waals surface area (Å²) in [6.45, 7) is 0.360. The fourth-order valence-electron chi connectivity index (χ4n) is 1.41. The summed E-state index contributed by atoms with van der Waals surface area (Å²) in [5.74, 6) is -0.185. The molecule has 98 valence electrons. The topological polar surface area (TPSA) is 113 Å². The van der Waals surface area contributed by atoms with Gasteiger partial charge in [-0.25, -0.2) is 4.79 Å². The molecule has 19 heavy (non-hydrogen) atoms. The fraction of sp³-hybridized carbons (Fsp3) is 0.0909. The number of urea groups is 1. The minimum atomic E-state index is -0.625. The molecule has 1 aromatic carbocycles. The van der Waals surface area contributed by atoms with Gasteiger partial charge in [-0.2, -0.15) is 0 Å². The zero-order valence-electron chi connectivity index (χ0n) is 9.79. The lowest BCUT2D eigenvalue weighted by Crippen LogP contribution is -2.28. The van der Waals surface area contributed by atoms with Crippen molar-refractivity contribution in [3.05, 3.63) is 52.1 Å². The molecule has 8 nitrogen and oxygen atoms in total. The number of hydrogen-bond donors (Lipinski definition) is 3. The van der Waals surface area contributed by atoms with E-state index in [2.05, 4.69) is 20.8 Å². The lowest BCUT2D eigenvalue weighted by molar-refractivity contribution is -0.389. The van der Waals surface area contributed by atoms with Crippen LogP contribution in [0.5, 0.6) is 0 Å². The summed E-state index contributed by atoms with van der Waals surface area (Å²) in [5.41, 5.74) is 0.950. The Morgan fingerprint density at radius 2 is 2.11 bits per heavy atom. The number of rotatable bonds is 4. The van der Waals surface area contributed by atoms with E-state index in [-0.39, 0.29) is 11.6 Å². The molecule has 0 unspecified atom stereocenters. The molecule has 0 aliphatic heterocycles. The number of anilines is 1. The van der Waals surface area contributed by atoms with Gasteiger partial charge < -0.3 is 15.4 Å². The molecule has 0 saturated heterocycles. The highest BCUT2D eigenvalue weighted by molar-refractivity contribution is 5.88. The number of benzene rings is 1. The summed E-state index contributed by atoms with van der Waals surface area (Å²) >= 11 is 0. The highest BCUT2D eigenvalue weighted by Crippen LogP contribution is 2.11. The Balaban J connectivity index is 1.85. The molecule has 0 saturated carbocycles. The van der Waals surface area contributed by atoms with E-state index in [0.29, 0.717) is 6.54 Å². The average molecular weight is 261 g/mol. The van der Waals surface area contributed by atoms with Crippen molar-refractivity contribution in [2.75, 3.05) is 5.32 Å². The van der Waals surface area contributed by atoms with Crippen LogP contribution in [0, 0.1) is 10.1 Å². The molecule has 3 N–H and O–H groups in total. The number of nitrogens with one attached hydrogen (secondary N) is 3. The Labute approximate surface area is 108 Å². The summed E-state index contributed by atoms with van der Waals surface area (Å²) < 4.78 is 0. The smallest absolute Gasteiger partial charge is 0.344 e. The summed E-state index contributed by atoms with van der Waals surface area (Å²) in [6, 6.07) is 10.0. The Morgan fingerprint density at radius 1 is 1.37 bits per heavy atom. The molecule has 2 aromatic rings. The van der Waals surface area contributed by atoms with E-state index in [1.54, 1.807) is 0 Å². The first-order chi connectivity index (χ1) is 9.15. The van der Waals surface area contributed by atoms with Crippen LogP contribution in [0.3, 0.4) is 0 Å². The van der Waals surface area contributed by atoms with Gasteiger partial charge in [0.25, 0.3) is 0 Å². The minimum Gasteiger partial charge on any atom is -0.358 e. The van der Waals surface area contributed by atoms with E-state index >= 15 is 0 Å². The second-order valence-electron chi connectivity index (χ2n) is 3.69. The van der Waals surface area contributed by atoms with Crippen molar-refractivity contribution in [2.24, 2.45) is 0 Å². The molecule has 0 bridgehead atoms. The summed E-state index contributed by atoms with van der Waals surface area (Å²) in [4.78, 5) is 21.3. The molecular weight excluding hydrogens is 250 g/mol. The van der Waals surface area contributed by atoms with Crippen LogP contribution in [-0.4, -0.2) is 21.2 Å². The van der Waals surface area contributed by atoms with Crippen LogP contribution in [0.25, 0.3) is 0 Å². The van der Waals surface area contributed by atoms with Crippen molar-refractivity contribution < 1.29 is 9.72 Å². The van der Waals surface area contributed by atoms with Gasteiger partial charge in [0, 0.05) is 6.54 Å². The van der Waals surface area contributed by atoms with E-state index in [1.165, 1.54) is 0 Å². The number of amides is 2. The highest BCUT2D eigenvalue weighted by Gasteiger charge is 2.11. The van der Waals surface area contributed by atoms with Crippen molar-refractivity contribution in [3.63, 3.8) is 0 Å². The van der Waals surface area contributed by atoms with Gasteiger partial charge in [-0.15, -0.1) is 5.10 Å². The van der Waals surface area contributed by atoms with Crippen LogP contribution in [0.4, 0.5) is 16.4 Å². The second-order valence-corrected chi connectivity index (χ2v) is 3.69. The molecule has 8 heteroatoms. The van der Waals surface area contributed by atoms with Crippen molar-refractivity contribution in [3.8, 4) is 0 Å². The molecule has 0 atom stereocenters. The second kappa shape index (κ2) is 5.63. The predicted octanol–water partition coefficient (Wildman–Crippen LogP) is 1.64. The molecule has 2 rings (SSSR count). The van der Waals surface area contributed by atoms with Crippen LogP contribution in [-0.2, 0) is 6.54 Å². The highest BCUT2D eigenvalue weighted by atomic mass is 16.6. The third kappa shape index (κ3) is 3.53. The van der Waals surface area contributed by atoms with E-state index in [4.69, 9.17) is 0 Å². The number of hydrogen-bond acceptors (Lipinski definition) is 4. The van der Waals surface area contributed by atoms with Gasteiger partial charge in [0.05, 0.1) is 6.07 Å². The number of aromatic nitrogens is 2. The van der Waals surface area contributed by atoms with E-state index in [0.717, 1.165) is 11.6 Å². The van der Waals surface area contributed by atoms with E-state index in [9.17, 15) is 14.9 Å². The number of H-pyrrole nitrogens is 1. The maximum Gasteiger partial charge on any atom is 0.344 e. The molecule has 0 aliphatic carbocycles. The lowest BCUT2D eigenvalue weighted by atomic mass is 10.2. The SMILES string of the molecule is O=C(NCc1ccccc1)Nc1cc([N+](=O)[O-])[nH]n1. The van der Waals surface area contributed by atoms with Gasteiger partial charge in [-0.05, 0) is 10.5 Å². The van der Waals surface area contributed by atoms with E-state index < -0.39 is 11.0 Å². The van der Waals surface area contributed by atoms with Crippen molar-refractivity contribution in [2.45, 2.75) is 6.54 Å². The third-order valence-electron chi connectivity index (χ3n) is 2.30. The number of nitro groups is 1. The summed E-state index contributed by atoms with van der Waals surface area (Å²) in [7, 11) is 0. The molecule has 0 aliphatic rings. The summed E-state index contributed by atoms with van der Waals surface area (Å²) in [5, 5.41) is 21.2. The van der Waals surface area contributed by atoms with Crippen LogP contribution >= 0.6 is 0 Å². The molecule has 1 aromatic heterocycles. The summed E-state index contributed by atoms with van der Waals surface area (Å²) in [6.07, 6.45) is 0. The normalized spacial score (nSPS) is 9.89. The van der Waals surface area contributed by atoms with Crippen LogP contribution in [0.2, 0.25) is 0 Å². The number of carbonyl (C=O) groups excluding carboxylic acids is 1. The van der Waals surface area contributed by atoms with Gasteiger partial charge in [0.15, 0.2) is 5.82 Å². The Hall–Kier alpha value is -2.90. The number of aromatic amines is 1. The van der Waals surface area contributed by atoms with Crippen LogP contribution in [0.1, 0.15) is 5.56 Å². The zero-order chi connectivity index (χ0) is 13.7. The van der Waals surface area contributed by atoms with Gasteiger partial charge in [0.1, 0.15) is 0 Å². The quantitative estimate of drug-likeness (QED) is 0.573. The molecule has 1 heterocycles. The lowest BCUT2D eigenvalue weighted by Gasteiger charge is -2.04. The molecular formula is C11H11N5O3. The van der Waals surface area contributed by atoms with Crippen LogP contribution in [0.15, 0.2) is 36.4 Å².